The molecule has 0 aliphatic carbocycles. The van der Waals surface area contributed by atoms with Crippen LogP contribution in [0.4, 0.5) is 0 Å². The molecule has 0 spiro atoms. The summed E-state index contributed by atoms with van der Waals surface area (Å²) in [6, 6.07) is 19.9. The second-order valence-electron chi connectivity index (χ2n) is 5.87. The molecule has 1 saturated heterocycles. The molecule has 3 rings (SSSR count). The summed E-state index contributed by atoms with van der Waals surface area (Å²) < 4.78 is 0. The van der Waals surface area contributed by atoms with E-state index in [1.165, 1.54) is 0 Å². The van der Waals surface area contributed by atoms with Crippen molar-refractivity contribution in [1.29, 1.82) is 0 Å². The molecule has 1 aliphatic rings. The minimum atomic E-state index is -0.457. The van der Waals surface area contributed by atoms with Gasteiger partial charge in [-0.05, 0) is 24.0 Å². The second-order valence-corrected chi connectivity index (χ2v) is 5.87. The van der Waals surface area contributed by atoms with Crippen LogP contribution in [0.2, 0.25) is 0 Å². The quantitative estimate of drug-likeness (QED) is 0.942. The van der Waals surface area contributed by atoms with Crippen molar-refractivity contribution in [3.05, 3.63) is 71.8 Å². The molecule has 0 saturated carbocycles. The van der Waals surface area contributed by atoms with Crippen LogP contribution in [0.5, 0.6) is 0 Å². The van der Waals surface area contributed by atoms with E-state index in [0.717, 1.165) is 11.1 Å². The predicted octanol–water partition coefficient (Wildman–Crippen LogP) is 2.78. The number of aliphatic hydroxyl groups excluding tert-OH is 1. The van der Waals surface area contributed by atoms with E-state index in [1.807, 2.05) is 65.6 Å². The van der Waals surface area contributed by atoms with Gasteiger partial charge in [0.15, 0.2) is 0 Å². The van der Waals surface area contributed by atoms with Crippen molar-refractivity contribution < 1.29 is 9.90 Å². The molecule has 0 radical (unpaired) electrons. The number of piperidine rings is 1. The van der Waals surface area contributed by atoms with Crippen molar-refractivity contribution in [1.82, 2.24) is 4.90 Å². The topological polar surface area (TPSA) is 40.5 Å². The van der Waals surface area contributed by atoms with Crippen LogP contribution in [0, 0.1) is 0 Å². The molecular formula is C19H21NO2. The summed E-state index contributed by atoms with van der Waals surface area (Å²) >= 11 is 0. The third kappa shape index (κ3) is 3.37. The summed E-state index contributed by atoms with van der Waals surface area (Å²) in [6.45, 7) is 0.564. The van der Waals surface area contributed by atoms with Gasteiger partial charge >= 0.3 is 0 Å². The zero-order valence-electron chi connectivity index (χ0n) is 12.6. The molecule has 2 aromatic rings. The Morgan fingerprint density at radius 2 is 1.55 bits per heavy atom. The maximum absolute atomic E-state index is 12.4. The van der Waals surface area contributed by atoms with Crippen molar-refractivity contribution in [3.8, 4) is 0 Å². The summed E-state index contributed by atoms with van der Waals surface area (Å²) in [6.07, 6.45) is 1.23. The first-order valence-electron chi connectivity index (χ1n) is 7.79. The zero-order chi connectivity index (χ0) is 15.4. The maximum Gasteiger partial charge on any atom is 0.223 e. The van der Waals surface area contributed by atoms with Gasteiger partial charge in [-0.3, -0.25) is 4.79 Å². The van der Waals surface area contributed by atoms with Gasteiger partial charge in [-0.25, -0.2) is 0 Å². The fourth-order valence-corrected chi connectivity index (χ4v) is 3.09. The van der Waals surface area contributed by atoms with Crippen LogP contribution in [-0.4, -0.2) is 28.1 Å². The normalized spacial score (nSPS) is 21.9. The molecule has 1 amide bonds. The second kappa shape index (κ2) is 6.75. The zero-order valence-corrected chi connectivity index (χ0v) is 12.6. The lowest BCUT2D eigenvalue weighted by Gasteiger charge is -2.39. The van der Waals surface area contributed by atoms with Crippen molar-refractivity contribution in [3.63, 3.8) is 0 Å². The number of rotatable bonds is 4. The summed E-state index contributed by atoms with van der Waals surface area (Å²) in [5, 5.41) is 10.4. The minimum Gasteiger partial charge on any atom is -0.391 e. The Kier molecular flexibility index (Phi) is 4.54. The molecule has 0 bridgehead atoms. The molecule has 3 heteroatoms. The highest BCUT2D eigenvalue weighted by molar-refractivity contribution is 5.77. The van der Waals surface area contributed by atoms with Crippen LogP contribution in [0.15, 0.2) is 60.7 Å². The van der Waals surface area contributed by atoms with Gasteiger partial charge in [0.25, 0.3) is 0 Å². The van der Waals surface area contributed by atoms with Crippen LogP contribution in [-0.2, 0) is 17.8 Å². The Morgan fingerprint density at radius 1 is 0.955 bits per heavy atom. The van der Waals surface area contributed by atoms with E-state index in [-0.39, 0.29) is 11.9 Å². The number of carbonyl (C=O) groups excluding carboxylic acids is 1. The number of nitrogens with zero attached hydrogens (tertiary/aromatic N) is 1. The van der Waals surface area contributed by atoms with Gasteiger partial charge in [-0.1, -0.05) is 60.7 Å². The van der Waals surface area contributed by atoms with E-state index in [2.05, 4.69) is 0 Å². The molecule has 114 valence electrons. The average molecular weight is 295 g/mol. The van der Waals surface area contributed by atoms with Gasteiger partial charge in [-0.2, -0.15) is 0 Å². The monoisotopic (exact) mass is 295 g/mol. The maximum atomic E-state index is 12.4. The third-order valence-corrected chi connectivity index (χ3v) is 4.30. The first-order valence-corrected chi connectivity index (χ1v) is 7.79. The number of likely N-dealkylation sites (tertiary alicyclic amines) is 1. The Labute approximate surface area is 131 Å². The lowest BCUT2D eigenvalue weighted by molar-refractivity contribution is -0.142. The highest BCUT2D eigenvalue weighted by Gasteiger charge is 2.34. The number of aliphatic hydroxyl groups is 1. The minimum absolute atomic E-state index is 0.134. The number of hydrogen-bond donors (Lipinski definition) is 1. The fraction of sp³-hybridized carbons (Fsp3) is 0.316. The molecule has 2 aromatic carbocycles. The number of hydrogen-bond acceptors (Lipinski definition) is 2. The van der Waals surface area contributed by atoms with Crippen molar-refractivity contribution in [2.75, 3.05) is 0 Å². The Hall–Kier alpha value is -2.13. The summed E-state index contributed by atoms with van der Waals surface area (Å²) in [5.74, 6) is 0.134. The van der Waals surface area contributed by atoms with Gasteiger partial charge < -0.3 is 10.0 Å². The number of carbonyl (C=O) groups is 1. The Balaban J connectivity index is 1.81. The van der Waals surface area contributed by atoms with E-state index >= 15 is 0 Å². The van der Waals surface area contributed by atoms with Crippen molar-refractivity contribution in [2.24, 2.45) is 0 Å². The molecular weight excluding hydrogens is 274 g/mol. The van der Waals surface area contributed by atoms with E-state index in [4.69, 9.17) is 0 Å². The molecule has 0 unspecified atom stereocenters. The summed E-state index contributed by atoms with van der Waals surface area (Å²) in [7, 11) is 0. The van der Waals surface area contributed by atoms with Crippen molar-refractivity contribution >= 4 is 5.91 Å². The molecule has 1 N–H and O–H groups in total. The van der Waals surface area contributed by atoms with E-state index in [1.54, 1.807) is 0 Å². The first-order chi connectivity index (χ1) is 10.7. The van der Waals surface area contributed by atoms with Crippen LogP contribution in [0.25, 0.3) is 0 Å². The van der Waals surface area contributed by atoms with Crippen LogP contribution in [0.3, 0.4) is 0 Å². The highest BCUT2D eigenvalue weighted by Crippen LogP contribution is 2.24. The standard InChI is InChI=1S/C19H21NO2/c21-18-11-12-19(22)20(14-16-9-5-2-6-10-16)17(18)13-15-7-3-1-4-8-15/h1-10,17-18,21H,11-14H2/t17-,18+/m0/s1. The van der Waals surface area contributed by atoms with Crippen LogP contribution < -0.4 is 0 Å². The van der Waals surface area contributed by atoms with Crippen LogP contribution in [0.1, 0.15) is 24.0 Å². The molecule has 2 atom stereocenters. The lowest BCUT2D eigenvalue weighted by Crippen LogP contribution is -2.51. The van der Waals surface area contributed by atoms with Gasteiger partial charge in [0, 0.05) is 13.0 Å². The fourth-order valence-electron chi connectivity index (χ4n) is 3.09. The number of benzene rings is 2. The predicted molar refractivity (Wildman–Crippen MR) is 86.2 cm³/mol. The molecule has 1 aliphatic heterocycles. The van der Waals surface area contributed by atoms with Gasteiger partial charge in [-0.15, -0.1) is 0 Å². The summed E-state index contributed by atoms with van der Waals surface area (Å²) in [4.78, 5) is 14.2. The highest BCUT2D eigenvalue weighted by atomic mass is 16.3. The molecule has 1 fully saturated rings. The SMILES string of the molecule is O=C1CC[C@@H](O)[C@H](Cc2ccccc2)N1Cc1ccccc1. The van der Waals surface area contributed by atoms with E-state index in [9.17, 15) is 9.90 Å². The molecule has 22 heavy (non-hydrogen) atoms. The van der Waals surface area contributed by atoms with Crippen molar-refractivity contribution in [2.45, 2.75) is 38.0 Å². The largest absolute Gasteiger partial charge is 0.391 e. The van der Waals surface area contributed by atoms with E-state index < -0.39 is 6.10 Å². The molecule has 0 aromatic heterocycles. The number of amides is 1. The van der Waals surface area contributed by atoms with Gasteiger partial charge in [0.05, 0.1) is 12.1 Å². The van der Waals surface area contributed by atoms with Crippen LogP contribution >= 0.6 is 0 Å². The lowest BCUT2D eigenvalue weighted by atomic mass is 9.92. The Bertz CT molecular complexity index is 612. The molecule has 3 nitrogen and oxygen atoms in total. The smallest absolute Gasteiger partial charge is 0.223 e. The van der Waals surface area contributed by atoms with E-state index in [0.29, 0.717) is 25.8 Å². The average Bonchev–Trinajstić information content (AvgIpc) is 2.56. The molecule has 1 heterocycles. The van der Waals surface area contributed by atoms with Gasteiger partial charge in [0.2, 0.25) is 5.91 Å². The third-order valence-electron chi connectivity index (χ3n) is 4.30. The van der Waals surface area contributed by atoms with Gasteiger partial charge in [0.1, 0.15) is 0 Å². The first kappa shape index (κ1) is 14.8. The summed E-state index contributed by atoms with van der Waals surface area (Å²) in [5.41, 5.74) is 2.25. The Morgan fingerprint density at radius 3 is 2.18 bits per heavy atom.